The van der Waals surface area contributed by atoms with Gasteiger partial charge in [-0.25, -0.2) is 0 Å². The molecule has 66 valence electrons. The van der Waals surface area contributed by atoms with E-state index in [-0.39, 0.29) is 18.0 Å². The van der Waals surface area contributed by atoms with Gasteiger partial charge in [-0.15, -0.1) is 5.06 Å². The molecule has 1 atom stereocenters. The van der Waals surface area contributed by atoms with Gasteiger partial charge < -0.3 is 10.6 Å². The van der Waals surface area contributed by atoms with E-state index in [4.69, 9.17) is 16.0 Å². The van der Waals surface area contributed by atoms with E-state index in [1.807, 2.05) is 13.8 Å². The van der Waals surface area contributed by atoms with Crippen molar-refractivity contribution in [2.24, 2.45) is 5.73 Å². The minimum absolute atomic E-state index is 0.0983. The quantitative estimate of drug-likeness (QED) is 0.360. The Balaban J connectivity index is 3.76. The fourth-order valence-electron chi connectivity index (χ4n) is 0.344. The molecule has 0 bridgehead atoms. The third-order valence-corrected chi connectivity index (χ3v) is 1.38. The number of hydrogen-bond acceptors (Lipinski definition) is 4. The Kier molecular flexibility index (Phi) is 4.07. The molecule has 4 heteroatoms. The van der Waals surface area contributed by atoms with Gasteiger partial charge in [0.1, 0.15) is 0 Å². The Labute approximate surface area is 67.8 Å². The van der Waals surface area contributed by atoms with Crippen molar-refractivity contribution in [2.75, 3.05) is 7.05 Å². The van der Waals surface area contributed by atoms with Crippen LogP contribution in [-0.2, 0) is 4.84 Å². The first-order valence-corrected chi connectivity index (χ1v) is 3.70. The van der Waals surface area contributed by atoms with Crippen LogP contribution in [-0.4, -0.2) is 30.1 Å². The van der Waals surface area contributed by atoms with Crippen molar-refractivity contribution >= 4 is 5.90 Å². The van der Waals surface area contributed by atoms with Crippen molar-refractivity contribution in [3.63, 3.8) is 0 Å². The summed E-state index contributed by atoms with van der Waals surface area (Å²) in [5.74, 6) is 0.0983. The summed E-state index contributed by atoms with van der Waals surface area (Å²) in [5.41, 5.74) is 5.41. The molecular weight excluding hydrogens is 142 g/mol. The maximum absolute atomic E-state index is 7.28. The van der Waals surface area contributed by atoms with E-state index in [1.54, 1.807) is 19.0 Å². The summed E-state index contributed by atoms with van der Waals surface area (Å²) in [6.07, 6.45) is 0. The highest BCUT2D eigenvalue weighted by Gasteiger charge is 2.10. The van der Waals surface area contributed by atoms with Crippen molar-refractivity contribution in [1.82, 2.24) is 5.06 Å². The van der Waals surface area contributed by atoms with Gasteiger partial charge in [0.2, 0.25) is 5.90 Å². The third-order valence-electron chi connectivity index (χ3n) is 1.38. The normalized spacial score (nSPS) is 13.7. The van der Waals surface area contributed by atoms with Gasteiger partial charge in [0.15, 0.2) is 0 Å². The van der Waals surface area contributed by atoms with Gasteiger partial charge >= 0.3 is 0 Å². The molecule has 0 unspecified atom stereocenters. The summed E-state index contributed by atoms with van der Waals surface area (Å²) in [6.45, 7) is 5.68. The lowest BCUT2D eigenvalue weighted by Crippen LogP contribution is -2.36. The summed E-state index contributed by atoms with van der Waals surface area (Å²) >= 11 is 0. The Hall–Kier alpha value is -0.610. The summed E-state index contributed by atoms with van der Waals surface area (Å²) < 4.78 is 0. The van der Waals surface area contributed by atoms with Crippen molar-refractivity contribution in [1.29, 1.82) is 5.41 Å². The van der Waals surface area contributed by atoms with Crippen LogP contribution in [0.15, 0.2) is 0 Å². The molecule has 3 N–H and O–H groups in total. The zero-order chi connectivity index (χ0) is 9.02. The van der Waals surface area contributed by atoms with Crippen molar-refractivity contribution in [3.05, 3.63) is 0 Å². The maximum atomic E-state index is 7.28. The molecule has 0 rings (SSSR count). The Morgan fingerprint density at radius 3 is 2.18 bits per heavy atom. The van der Waals surface area contributed by atoms with Gasteiger partial charge in [0.25, 0.3) is 0 Å². The molecular formula is C7H17N3O. The average Bonchev–Trinajstić information content (AvgIpc) is 1.87. The van der Waals surface area contributed by atoms with E-state index in [0.717, 1.165) is 0 Å². The average molecular weight is 159 g/mol. The lowest BCUT2D eigenvalue weighted by Gasteiger charge is -2.22. The highest BCUT2D eigenvalue weighted by molar-refractivity contribution is 5.77. The van der Waals surface area contributed by atoms with Crippen LogP contribution < -0.4 is 5.73 Å². The van der Waals surface area contributed by atoms with Gasteiger partial charge in [-0.2, -0.15) is 0 Å². The maximum Gasteiger partial charge on any atom is 0.223 e. The minimum atomic E-state index is -0.337. The van der Waals surface area contributed by atoms with E-state index in [9.17, 15) is 0 Å². The number of nitrogens with two attached hydrogens (primary N) is 1. The molecule has 0 aliphatic carbocycles. The molecule has 4 nitrogen and oxygen atoms in total. The molecule has 0 aromatic carbocycles. The molecule has 11 heavy (non-hydrogen) atoms. The summed E-state index contributed by atoms with van der Waals surface area (Å²) in [6, 6.07) is -0.0784. The fraction of sp³-hybridized carbons (Fsp3) is 0.857. The highest BCUT2D eigenvalue weighted by Crippen LogP contribution is 1.96. The summed E-state index contributed by atoms with van der Waals surface area (Å²) in [4.78, 5) is 5.06. The summed E-state index contributed by atoms with van der Waals surface area (Å²) in [7, 11) is 1.78. The second kappa shape index (κ2) is 4.31. The number of hydrogen-bond donors (Lipinski definition) is 2. The number of hydroxylamine groups is 2. The van der Waals surface area contributed by atoms with Crippen LogP contribution in [0.1, 0.15) is 20.8 Å². The predicted octanol–water partition coefficient (Wildman–Crippen LogP) is 0.583. The minimum Gasteiger partial charge on any atom is -0.389 e. The molecule has 0 saturated carbocycles. The van der Waals surface area contributed by atoms with Crippen LogP contribution in [0.5, 0.6) is 0 Å². The molecule has 0 radical (unpaired) electrons. The highest BCUT2D eigenvalue weighted by atomic mass is 16.7. The summed E-state index contributed by atoms with van der Waals surface area (Å²) in [5, 5.41) is 8.88. The molecule has 0 amide bonds. The number of rotatable bonds is 3. The molecule has 0 aliphatic rings. The number of nitrogens with zero attached hydrogens (tertiary/aromatic N) is 1. The topological polar surface area (TPSA) is 62.3 Å². The van der Waals surface area contributed by atoms with E-state index in [0.29, 0.717) is 0 Å². The second-order valence-corrected chi connectivity index (χ2v) is 2.88. The molecule has 0 heterocycles. The first-order chi connectivity index (χ1) is 4.95. The lowest BCUT2D eigenvalue weighted by atomic mass is 10.4. The van der Waals surface area contributed by atoms with Crippen LogP contribution in [0.2, 0.25) is 0 Å². The molecule has 0 aromatic rings. The van der Waals surface area contributed by atoms with Crippen molar-refractivity contribution in [2.45, 2.75) is 32.9 Å². The molecule has 0 aliphatic heterocycles. The fourth-order valence-corrected chi connectivity index (χ4v) is 0.344. The monoisotopic (exact) mass is 159 g/mol. The van der Waals surface area contributed by atoms with Crippen LogP contribution in [0.3, 0.4) is 0 Å². The first-order valence-electron chi connectivity index (χ1n) is 3.70. The van der Waals surface area contributed by atoms with Gasteiger partial charge in [-0.05, 0) is 20.8 Å². The van der Waals surface area contributed by atoms with Crippen LogP contribution in [0.4, 0.5) is 0 Å². The van der Waals surface area contributed by atoms with Crippen molar-refractivity contribution in [3.8, 4) is 0 Å². The largest absolute Gasteiger partial charge is 0.389 e. The van der Waals surface area contributed by atoms with Gasteiger partial charge in [-0.1, -0.05) is 0 Å². The van der Waals surface area contributed by atoms with E-state index < -0.39 is 0 Å². The van der Waals surface area contributed by atoms with Gasteiger partial charge in [0, 0.05) is 13.1 Å². The van der Waals surface area contributed by atoms with Crippen LogP contribution in [0.25, 0.3) is 0 Å². The smallest absolute Gasteiger partial charge is 0.223 e. The van der Waals surface area contributed by atoms with E-state index in [2.05, 4.69) is 0 Å². The zero-order valence-electron chi connectivity index (χ0n) is 7.59. The van der Waals surface area contributed by atoms with Crippen LogP contribution in [0, 0.1) is 5.41 Å². The molecule has 0 saturated heterocycles. The standard InChI is InChI=1S/C7H17N3O/c1-5(2)10(4)11-7(9)6(3)8/h5-6,9H,8H2,1-4H3/t6-/m0/s1. The Bertz CT molecular complexity index is 134. The molecule has 0 aromatic heterocycles. The zero-order valence-corrected chi connectivity index (χ0v) is 7.59. The first kappa shape index (κ1) is 10.4. The van der Waals surface area contributed by atoms with Crippen molar-refractivity contribution < 1.29 is 4.84 Å². The predicted molar refractivity (Wildman–Crippen MR) is 45.4 cm³/mol. The molecule has 0 spiro atoms. The third kappa shape index (κ3) is 3.95. The van der Waals surface area contributed by atoms with Gasteiger partial charge in [0.05, 0.1) is 6.04 Å². The Morgan fingerprint density at radius 2 is 1.91 bits per heavy atom. The van der Waals surface area contributed by atoms with E-state index in [1.165, 1.54) is 0 Å². The number of nitrogens with one attached hydrogen (secondary N) is 1. The van der Waals surface area contributed by atoms with Gasteiger partial charge in [-0.3, -0.25) is 5.41 Å². The Morgan fingerprint density at radius 1 is 1.45 bits per heavy atom. The molecule has 0 fully saturated rings. The lowest BCUT2D eigenvalue weighted by molar-refractivity contribution is -0.0778. The van der Waals surface area contributed by atoms with E-state index >= 15 is 0 Å². The SMILES string of the molecule is CC(C)N(C)OC(=N)[C@H](C)N. The van der Waals surface area contributed by atoms with Crippen LogP contribution >= 0.6 is 0 Å². The second-order valence-electron chi connectivity index (χ2n) is 2.88.